The average Bonchev–Trinajstić information content (AvgIpc) is 2.55. The summed E-state index contributed by atoms with van der Waals surface area (Å²) >= 11 is 0. The van der Waals surface area contributed by atoms with Gasteiger partial charge in [-0.3, -0.25) is 0 Å². The highest BCUT2D eigenvalue weighted by molar-refractivity contribution is 5.53. The fourth-order valence-electron chi connectivity index (χ4n) is 3.87. The topological polar surface area (TPSA) is 18.5 Å². The Bertz CT molecular complexity index is 452. The number of likely N-dealkylation sites (tertiary alicyclic amines) is 1. The molecule has 2 aliphatic rings. The van der Waals surface area contributed by atoms with E-state index in [1.54, 1.807) is 0 Å². The Morgan fingerprint density at radius 2 is 2.00 bits per heavy atom. The van der Waals surface area contributed by atoms with Crippen LogP contribution in [0.25, 0.3) is 0 Å². The zero-order chi connectivity index (χ0) is 14.7. The zero-order valence-electron chi connectivity index (χ0n) is 13.5. The van der Waals surface area contributed by atoms with Crippen LogP contribution in [0.3, 0.4) is 0 Å². The normalized spacial score (nSPS) is 23.9. The Kier molecular flexibility index (Phi) is 4.81. The Labute approximate surface area is 129 Å². The van der Waals surface area contributed by atoms with Gasteiger partial charge in [0.05, 0.1) is 0 Å². The maximum Gasteiger partial charge on any atom is 0.0372 e. The molecule has 3 nitrogen and oxygen atoms in total. The Balaban J connectivity index is 1.51. The summed E-state index contributed by atoms with van der Waals surface area (Å²) in [7, 11) is 2.33. The predicted octanol–water partition coefficient (Wildman–Crippen LogP) is 2.69. The van der Waals surface area contributed by atoms with Gasteiger partial charge in [0.15, 0.2) is 0 Å². The molecular formula is C18H29N3. The number of nitrogens with zero attached hydrogens (tertiary/aromatic N) is 2. The summed E-state index contributed by atoms with van der Waals surface area (Å²) in [6.07, 6.45) is 3.89. The minimum absolute atomic E-state index is 0.745. The number of rotatable bonds is 4. The molecule has 0 amide bonds. The van der Waals surface area contributed by atoms with Gasteiger partial charge in [0.1, 0.15) is 0 Å². The van der Waals surface area contributed by atoms with E-state index in [0.29, 0.717) is 0 Å². The van der Waals surface area contributed by atoms with Gasteiger partial charge in [-0.15, -0.1) is 0 Å². The van der Waals surface area contributed by atoms with Crippen LogP contribution in [0, 0.1) is 5.92 Å². The van der Waals surface area contributed by atoms with E-state index in [9.17, 15) is 0 Å². The van der Waals surface area contributed by atoms with Gasteiger partial charge in [0, 0.05) is 24.8 Å². The van der Waals surface area contributed by atoms with Crippen molar-refractivity contribution >= 4 is 5.69 Å². The van der Waals surface area contributed by atoms with Gasteiger partial charge in [-0.25, -0.2) is 0 Å². The molecule has 1 aromatic rings. The smallest absolute Gasteiger partial charge is 0.0372 e. The van der Waals surface area contributed by atoms with Gasteiger partial charge in [-0.2, -0.15) is 0 Å². The number of hydrogen-bond acceptors (Lipinski definition) is 3. The van der Waals surface area contributed by atoms with Crippen LogP contribution in [0.2, 0.25) is 0 Å². The Morgan fingerprint density at radius 1 is 1.24 bits per heavy atom. The molecule has 1 fully saturated rings. The first-order valence-electron chi connectivity index (χ1n) is 8.50. The molecule has 0 aliphatic carbocycles. The van der Waals surface area contributed by atoms with E-state index in [-0.39, 0.29) is 0 Å². The molecule has 1 atom stereocenters. The van der Waals surface area contributed by atoms with Crippen molar-refractivity contribution in [3.63, 3.8) is 0 Å². The number of anilines is 1. The van der Waals surface area contributed by atoms with E-state index in [0.717, 1.165) is 18.5 Å². The second kappa shape index (κ2) is 6.80. The molecule has 1 aromatic carbocycles. The summed E-state index contributed by atoms with van der Waals surface area (Å²) in [5.74, 6) is 0.745. The van der Waals surface area contributed by atoms with E-state index in [4.69, 9.17) is 0 Å². The minimum atomic E-state index is 0.745. The lowest BCUT2D eigenvalue weighted by Crippen LogP contribution is -2.45. The largest absolute Gasteiger partial charge is 0.384 e. The first-order valence-corrected chi connectivity index (χ1v) is 8.50. The molecule has 3 rings (SSSR count). The first-order chi connectivity index (χ1) is 10.3. The van der Waals surface area contributed by atoms with Crippen LogP contribution >= 0.6 is 0 Å². The third-order valence-corrected chi connectivity index (χ3v) is 5.28. The predicted molar refractivity (Wildman–Crippen MR) is 89.9 cm³/mol. The summed E-state index contributed by atoms with van der Waals surface area (Å²) in [6.45, 7) is 8.37. The number of fused-ring (bicyclic) bond motifs is 1. The van der Waals surface area contributed by atoms with Gasteiger partial charge in [-0.05, 0) is 63.5 Å². The molecule has 0 saturated carbocycles. The van der Waals surface area contributed by atoms with Gasteiger partial charge in [0.25, 0.3) is 0 Å². The second-order valence-electron chi connectivity index (χ2n) is 6.71. The summed E-state index contributed by atoms with van der Waals surface area (Å²) in [4.78, 5) is 5.19. The zero-order valence-corrected chi connectivity index (χ0v) is 13.5. The fourth-order valence-corrected chi connectivity index (χ4v) is 3.87. The highest BCUT2D eigenvalue weighted by Gasteiger charge is 2.25. The maximum atomic E-state index is 3.60. The van der Waals surface area contributed by atoms with Crippen LogP contribution in [0.4, 0.5) is 5.69 Å². The number of piperidine rings is 1. The molecule has 0 radical (unpaired) electrons. The van der Waals surface area contributed by atoms with Gasteiger partial charge in [-0.1, -0.05) is 25.1 Å². The monoisotopic (exact) mass is 287 g/mol. The number of hydrogen-bond donors (Lipinski definition) is 1. The molecule has 0 bridgehead atoms. The van der Waals surface area contributed by atoms with Crippen LogP contribution in [0.15, 0.2) is 24.3 Å². The molecule has 1 N–H and O–H groups in total. The van der Waals surface area contributed by atoms with Crippen molar-refractivity contribution in [2.45, 2.75) is 32.2 Å². The van der Waals surface area contributed by atoms with Crippen molar-refractivity contribution < 1.29 is 0 Å². The molecule has 1 unspecified atom stereocenters. The summed E-state index contributed by atoms with van der Waals surface area (Å²) in [5, 5.41) is 3.60. The minimum Gasteiger partial charge on any atom is -0.384 e. The molecule has 2 aliphatic heterocycles. The quantitative estimate of drug-likeness (QED) is 0.918. The molecule has 116 valence electrons. The molecule has 21 heavy (non-hydrogen) atoms. The third kappa shape index (κ3) is 3.58. The number of nitrogens with one attached hydrogen (secondary N) is 1. The number of para-hydroxylation sites is 1. The van der Waals surface area contributed by atoms with Crippen LogP contribution in [-0.4, -0.2) is 55.6 Å². The van der Waals surface area contributed by atoms with Crippen molar-refractivity contribution in [2.24, 2.45) is 5.92 Å². The fraction of sp³-hybridized carbons (Fsp3) is 0.667. The van der Waals surface area contributed by atoms with Crippen LogP contribution in [-0.2, 0) is 6.42 Å². The van der Waals surface area contributed by atoms with Crippen LogP contribution in [0.1, 0.15) is 25.3 Å². The molecule has 1 saturated heterocycles. The van der Waals surface area contributed by atoms with E-state index in [2.05, 4.69) is 53.4 Å². The van der Waals surface area contributed by atoms with Crippen molar-refractivity contribution in [1.82, 2.24) is 9.80 Å². The van der Waals surface area contributed by atoms with Crippen LogP contribution in [0.5, 0.6) is 0 Å². The maximum absolute atomic E-state index is 3.60. The Morgan fingerprint density at radius 3 is 2.76 bits per heavy atom. The molecule has 0 aromatic heterocycles. The van der Waals surface area contributed by atoms with E-state index < -0.39 is 0 Å². The standard InChI is InChI=1S/C18H29N3/c1-3-21-10-8-17(9-11-21)20(2)14-15-12-16-6-4-5-7-18(16)19-13-15/h4-7,15,17,19H,3,8-14H2,1-2H3. The van der Waals surface area contributed by atoms with Crippen molar-refractivity contribution in [1.29, 1.82) is 0 Å². The van der Waals surface area contributed by atoms with Crippen molar-refractivity contribution in [2.75, 3.05) is 45.1 Å². The second-order valence-corrected chi connectivity index (χ2v) is 6.71. The summed E-state index contributed by atoms with van der Waals surface area (Å²) in [5.41, 5.74) is 2.83. The number of benzene rings is 1. The van der Waals surface area contributed by atoms with Gasteiger partial charge in [0.2, 0.25) is 0 Å². The van der Waals surface area contributed by atoms with Gasteiger partial charge < -0.3 is 15.1 Å². The molecule has 0 spiro atoms. The highest BCUT2D eigenvalue weighted by atomic mass is 15.2. The molecule has 2 heterocycles. The average molecular weight is 287 g/mol. The lowest BCUT2D eigenvalue weighted by Gasteiger charge is -2.38. The molecular weight excluding hydrogens is 258 g/mol. The van der Waals surface area contributed by atoms with E-state index in [1.807, 2.05) is 0 Å². The lowest BCUT2D eigenvalue weighted by molar-refractivity contribution is 0.119. The third-order valence-electron chi connectivity index (χ3n) is 5.28. The van der Waals surface area contributed by atoms with Crippen molar-refractivity contribution in [3.8, 4) is 0 Å². The first kappa shape index (κ1) is 14.9. The van der Waals surface area contributed by atoms with E-state index in [1.165, 1.54) is 56.7 Å². The highest BCUT2D eigenvalue weighted by Crippen LogP contribution is 2.25. The lowest BCUT2D eigenvalue weighted by atomic mass is 9.92. The SMILES string of the molecule is CCN1CCC(N(C)CC2CNc3ccccc3C2)CC1. The molecule has 3 heteroatoms. The Hall–Kier alpha value is -1.06. The summed E-state index contributed by atoms with van der Waals surface area (Å²) < 4.78 is 0. The van der Waals surface area contributed by atoms with Gasteiger partial charge >= 0.3 is 0 Å². The van der Waals surface area contributed by atoms with Crippen LogP contribution < -0.4 is 5.32 Å². The summed E-state index contributed by atoms with van der Waals surface area (Å²) in [6, 6.07) is 9.54. The van der Waals surface area contributed by atoms with E-state index >= 15 is 0 Å². The van der Waals surface area contributed by atoms with Crippen molar-refractivity contribution in [3.05, 3.63) is 29.8 Å².